The number of rotatable bonds is 8. The SMILES string of the molecule is CCCCN1C(=O)C[C@H](C(=O)Nc2ccc(C(=O)OCC)cc2)SC1=Nc1cc(Cl)c(O)c(Cl)c1. The fourth-order valence-electron chi connectivity index (χ4n) is 3.23. The van der Waals surface area contributed by atoms with Crippen LogP contribution in [0.15, 0.2) is 41.4 Å². The molecular weight excluding hydrogens is 513 g/mol. The van der Waals surface area contributed by atoms with Crippen molar-refractivity contribution in [2.75, 3.05) is 18.5 Å². The van der Waals surface area contributed by atoms with Crippen molar-refractivity contribution in [3.05, 3.63) is 52.0 Å². The summed E-state index contributed by atoms with van der Waals surface area (Å²) in [5.74, 6) is -1.28. The van der Waals surface area contributed by atoms with Gasteiger partial charge in [-0.05, 0) is 49.7 Å². The van der Waals surface area contributed by atoms with Gasteiger partial charge in [0.2, 0.25) is 11.8 Å². The first-order valence-corrected chi connectivity index (χ1v) is 12.7. The van der Waals surface area contributed by atoms with Gasteiger partial charge in [0.25, 0.3) is 0 Å². The number of benzene rings is 2. The molecule has 1 fully saturated rings. The smallest absolute Gasteiger partial charge is 0.338 e. The number of halogens is 2. The Morgan fingerprint density at radius 3 is 2.46 bits per heavy atom. The molecule has 3 rings (SSSR count). The number of nitrogens with one attached hydrogen (secondary N) is 1. The maximum Gasteiger partial charge on any atom is 0.338 e. The van der Waals surface area contributed by atoms with Crippen LogP contribution >= 0.6 is 35.0 Å². The Kier molecular flexibility index (Phi) is 9.42. The summed E-state index contributed by atoms with van der Waals surface area (Å²) >= 11 is 13.2. The first-order valence-electron chi connectivity index (χ1n) is 11.0. The van der Waals surface area contributed by atoms with Gasteiger partial charge in [0, 0.05) is 18.7 Å². The Labute approximate surface area is 217 Å². The van der Waals surface area contributed by atoms with Crippen molar-refractivity contribution in [2.45, 2.75) is 38.4 Å². The Morgan fingerprint density at radius 1 is 1.20 bits per heavy atom. The Morgan fingerprint density at radius 2 is 1.86 bits per heavy atom. The molecule has 0 spiro atoms. The van der Waals surface area contributed by atoms with Crippen LogP contribution in [0, 0.1) is 0 Å². The van der Waals surface area contributed by atoms with E-state index in [4.69, 9.17) is 27.9 Å². The van der Waals surface area contributed by atoms with Crippen molar-refractivity contribution < 1.29 is 24.2 Å². The molecular formula is C24H25Cl2N3O5S. The highest BCUT2D eigenvalue weighted by Gasteiger charge is 2.35. The number of amides is 2. The number of anilines is 1. The lowest BCUT2D eigenvalue weighted by atomic mass is 10.2. The number of carbonyl (C=O) groups is 3. The number of hydrogen-bond donors (Lipinski definition) is 2. The van der Waals surface area contributed by atoms with Gasteiger partial charge >= 0.3 is 5.97 Å². The van der Waals surface area contributed by atoms with Gasteiger partial charge in [0.05, 0.1) is 27.9 Å². The van der Waals surface area contributed by atoms with Gasteiger partial charge in [0.15, 0.2) is 10.9 Å². The molecule has 0 bridgehead atoms. The van der Waals surface area contributed by atoms with Gasteiger partial charge in [-0.15, -0.1) is 0 Å². The lowest BCUT2D eigenvalue weighted by Gasteiger charge is -2.31. The topological polar surface area (TPSA) is 108 Å². The van der Waals surface area contributed by atoms with E-state index >= 15 is 0 Å². The number of thioether (sulfide) groups is 1. The Balaban J connectivity index is 1.80. The van der Waals surface area contributed by atoms with E-state index in [2.05, 4.69) is 10.3 Å². The van der Waals surface area contributed by atoms with Gasteiger partial charge in [-0.1, -0.05) is 48.3 Å². The average Bonchev–Trinajstić information content (AvgIpc) is 2.82. The molecule has 8 nitrogen and oxygen atoms in total. The number of phenols is 1. The van der Waals surface area contributed by atoms with E-state index in [0.29, 0.717) is 28.7 Å². The number of carbonyl (C=O) groups excluding carboxylic acids is 3. The number of aromatic hydroxyl groups is 1. The quantitative estimate of drug-likeness (QED) is 0.422. The van der Waals surface area contributed by atoms with Crippen molar-refractivity contribution in [1.82, 2.24) is 4.90 Å². The van der Waals surface area contributed by atoms with Gasteiger partial charge in [0.1, 0.15) is 5.25 Å². The summed E-state index contributed by atoms with van der Waals surface area (Å²) in [5.41, 5.74) is 1.21. The van der Waals surface area contributed by atoms with Crippen LogP contribution in [0.2, 0.25) is 10.0 Å². The third kappa shape index (κ3) is 6.90. The van der Waals surface area contributed by atoms with E-state index in [1.54, 1.807) is 36.1 Å². The summed E-state index contributed by atoms with van der Waals surface area (Å²) in [6.45, 7) is 4.47. The molecule has 1 heterocycles. The minimum absolute atomic E-state index is 0.0111. The number of esters is 1. The first kappa shape index (κ1) is 26.8. The summed E-state index contributed by atoms with van der Waals surface area (Å²) in [4.78, 5) is 43.8. The van der Waals surface area contributed by atoms with E-state index in [9.17, 15) is 19.5 Å². The number of unbranched alkanes of at least 4 members (excludes halogenated alkanes) is 1. The van der Waals surface area contributed by atoms with Crippen molar-refractivity contribution in [3.8, 4) is 5.75 Å². The van der Waals surface area contributed by atoms with Gasteiger partial charge in [-0.3, -0.25) is 14.5 Å². The summed E-state index contributed by atoms with van der Waals surface area (Å²) < 4.78 is 4.96. The molecule has 1 atom stereocenters. The van der Waals surface area contributed by atoms with E-state index in [0.717, 1.165) is 12.8 Å². The van der Waals surface area contributed by atoms with Crippen LogP contribution in [0.4, 0.5) is 11.4 Å². The number of phenolic OH excluding ortho intramolecular Hbond substituents is 1. The van der Waals surface area contributed by atoms with Crippen molar-refractivity contribution >= 4 is 69.3 Å². The minimum atomic E-state index is -0.716. The normalized spacial score (nSPS) is 16.9. The molecule has 0 radical (unpaired) electrons. The van der Waals surface area contributed by atoms with E-state index in [1.165, 1.54) is 23.9 Å². The van der Waals surface area contributed by atoms with E-state index < -0.39 is 11.2 Å². The molecule has 0 saturated carbocycles. The number of hydrogen-bond acceptors (Lipinski definition) is 7. The summed E-state index contributed by atoms with van der Waals surface area (Å²) in [7, 11) is 0. The number of amidine groups is 1. The zero-order valence-electron chi connectivity index (χ0n) is 19.2. The maximum absolute atomic E-state index is 13.0. The third-order valence-electron chi connectivity index (χ3n) is 5.06. The monoisotopic (exact) mass is 537 g/mol. The average molecular weight is 538 g/mol. The van der Waals surface area contributed by atoms with Crippen molar-refractivity contribution in [3.63, 3.8) is 0 Å². The second-order valence-electron chi connectivity index (χ2n) is 7.65. The molecule has 0 unspecified atom stereocenters. The molecule has 1 aliphatic heterocycles. The third-order valence-corrected chi connectivity index (χ3v) is 6.82. The summed E-state index contributed by atoms with van der Waals surface area (Å²) in [5, 5.41) is 12.3. The molecule has 2 aromatic carbocycles. The fourth-order valence-corrected chi connectivity index (χ4v) is 4.83. The lowest BCUT2D eigenvalue weighted by Crippen LogP contribution is -2.45. The van der Waals surface area contributed by atoms with Crippen LogP contribution in [-0.2, 0) is 14.3 Å². The highest BCUT2D eigenvalue weighted by molar-refractivity contribution is 8.15. The van der Waals surface area contributed by atoms with Crippen molar-refractivity contribution in [2.24, 2.45) is 4.99 Å². The molecule has 2 aromatic rings. The second kappa shape index (κ2) is 12.3. The summed E-state index contributed by atoms with van der Waals surface area (Å²) in [6, 6.07) is 9.20. The minimum Gasteiger partial charge on any atom is -0.505 e. The Hall–Kier alpha value is -2.75. The standard InChI is InChI=1S/C24H25Cl2N3O5S/c1-3-5-10-29-20(30)13-19(35-24(29)28-16-11-17(25)21(31)18(26)12-16)22(32)27-15-8-6-14(7-9-15)23(33)34-4-2/h6-9,11-12,19,31H,3-5,10,13H2,1-2H3,(H,27,32)/t19-/m1/s1. The van der Waals surface area contributed by atoms with Crippen LogP contribution in [0.3, 0.4) is 0 Å². The molecule has 1 saturated heterocycles. The first-order chi connectivity index (χ1) is 16.7. The highest BCUT2D eigenvalue weighted by atomic mass is 35.5. The molecule has 1 aliphatic rings. The maximum atomic E-state index is 13.0. The molecule has 0 aliphatic carbocycles. The Bertz CT molecular complexity index is 1120. The van der Waals surface area contributed by atoms with Crippen molar-refractivity contribution in [1.29, 1.82) is 0 Å². The summed E-state index contributed by atoms with van der Waals surface area (Å²) in [6.07, 6.45) is 1.66. The molecule has 35 heavy (non-hydrogen) atoms. The molecule has 0 aromatic heterocycles. The number of aliphatic imine (C=N–C) groups is 1. The van der Waals surface area contributed by atoms with E-state index in [1.807, 2.05) is 6.92 Å². The van der Waals surface area contributed by atoms with E-state index in [-0.39, 0.29) is 40.6 Å². The van der Waals surface area contributed by atoms with Crippen LogP contribution in [0.5, 0.6) is 5.75 Å². The van der Waals surface area contributed by atoms with Crippen LogP contribution in [0.1, 0.15) is 43.5 Å². The second-order valence-corrected chi connectivity index (χ2v) is 9.63. The van der Waals surface area contributed by atoms with Crippen LogP contribution < -0.4 is 5.32 Å². The fraction of sp³-hybridized carbons (Fsp3) is 0.333. The molecule has 186 valence electrons. The lowest BCUT2D eigenvalue weighted by molar-refractivity contribution is -0.129. The largest absolute Gasteiger partial charge is 0.505 e. The molecule has 2 amide bonds. The predicted molar refractivity (Wildman–Crippen MR) is 139 cm³/mol. The zero-order valence-corrected chi connectivity index (χ0v) is 21.5. The van der Waals surface area contributed by atoms with Gasteiger partial charge in [-0.25, -0.2) is 9.79 Å². The van der Waals surface area contributed by atoms with Crippen LogP contribution in [-0.4, -0.2) is 51.4 Å². The van der Waals surface area contributed by atoms with Gasteiger partial charge in [-0.2, -0.15) is 0 Å². The number of nitrogens with zero attached hydrogens (tertiary/aromatic N) is 2. The predicted octanol–water partition coefficient (Wildman–Crippen LogP) is 5.64. The van der Waals surface area contributed by atoms with Gasteiger partial charge < -0.3 is 15.2 Å². The van der Waals surface area contributed by atoms with Crippen LogP contribution in [0.25, 0.3) is 0 Å². The zero-order chi connectivity index (χ0) is 25.5. The number of ether oxygens (including phenoxy) is 1. The highest BCUT2D eigenvalue weighted by Crippen LogP contribution is 2.37. The molecule has 2 N–H and O–H groups in total. The molecule has 11 heteroatoms.